The van der Waals surface area contributed by atoms with Gasteiger partial charge in [-0.25, -0.2) is 0 Å². The first-order chi connectivity index (χ1) is 9.85. The summed E-state index contributed by atoms with van der Waals surface area (Å²) in [5, 5.41) is 3.34. The molecule has 0 radical (unpaired) electrons. The maximum atomic E-state index is 5.87. The summed E-state index contributed by atoms with van der Waals surface area (Å²) in [4.78, 5) is 0. The Morgan fingerprint density at radius 1 is 1.25 bits per heavy atom. The van der Waals surface area contributed by atoms with E-state index in [-0.39, 0.29) is 0 Å². The van der Waals surface area contributed by atoms with Gasteiger partial charge in [0.1, 0.15) is 17.3 Å². The average molecular weight is 271 g/mol. The Morgan fingerprint density at radius 3 is 2.95 bits per heavy atom. The highest BCUT2D eigenvalue weighted by molar-refractivity contribution is 5.59. The van der Waals surface area contributed by atoms with Crippen LogP contribution in [0, 0.1) is 0 Å². The third-order valence-electron chi connectivity index (χ3n) is 3.33. The van der Waals surface area contributed by atoms with Gasteiger partial charge in [-0.2, -0.15) is 0 Å². The van der Waals surface area contributed by atoms with E-state index in [2.05, 4.69) is 24.4 Å². The fourth-order valence-corrected chi connectivity index (χ4v) is 2.12. The number of benzene rings is 1. The third kappa shape index (κ3) is 3.42. The van der Waals surface area contributed by atoms with Crippen LogP contribution in [0.25, 0.3) is 11.3 Å². The van der Waals surface area contributed by atoms with Gasteiger partial charge in [-0.15, -0.1) is 0 Å². The van der Waals surface area contributed by atoms with Crippen molar-refractivity contribution in [2.24, 2.45) is 0 Å². The summed E-state index contributed by atoms with van der Waals surface area (Å²) < 4.78 is 11.7. The van der Waals surface area contributed by atoms with E-state index >= 15 is 0 Å². The molecule has 3 heteroatoms. The molecule has 0 atom stereocenters. The summed E-state index contributed by atoms with van der Waals surface area (Å²) in [5.41, 5.74) is 1.07. The SMILES string of the molecule is CCCNCc1ccc(-c2cccc(OC3CC3)c2)o1. The number of hydrogen-bond donors (Lipinski definition) is 1. The molecule has 1 aliphatic carbocycles. The maximum Gasteiger partial charge on any atom is 0.134 e. The number of furan rings is 1. The van der Waals surface area contributed by atoms with Crippen molar-refractivity contribution in [3.8, 4) is 17.1 Å². The van der Waals surface area contributed by atoms with Crippen LogP contribution in [0.3, 0.4) is 0 Å². The number of nitrogens with one attached hydrogen (secondary N) is 1. The van der Waals surface area contributed by atoms with Gasteiger partial charge in [0, 0.05) is 5.56 Å². The molecule has 0 bridgehead atoms. The molecule has 20 heavy (non-hydrogen) atoms. The summed E-state index contributed by atoms with van der Waals surface area (Å²) in [6.45, 7) is 3.96. The van der Waals surface area contributed by atoms with Crippen LogP contribution in [0.15, 0.2) is 40.8 Å². The number of ether oxygens (including phenoxy) is 1. The van der Waals surface area contributed by atoms with Crippen LogP contribution in [0.1, 0.15) is 31.9 Å². The number of rotatable bonds is 7. The zero-order chi connectivity index (χ0) is 13.8. The van der Waals surface area contributed by atoms with Gasteiger partial charge in [0.2, 0.25) is 0 Å². The normalized spacial score (nSPS) is 14.4. The summed E-state index contributed by atoms with van der Waals surface area (Å²) >= 11 is 0. The van der Waals surface area contributed by atoms with Crippen molar-refractivity contribution < 1.29 is 9.15 Å². The standard InChI is InChI=1S/C17H21NO2/c1-2-10-18-12-16-8-9-17(20-16)13-4-3-5-15(11-13)19-14-6-7-14/h3-5,8-9,11,14,18H,2,6-7,10,12H2,1H3. The van der Waals surface area contributed by atoms with Crippen LogP contribution in [-0.2, 0) is 6.54 Å². The van der Waals surface area contributed by atoms with E-state index in [9.17, 15) is 0 Å². The van der Waals surface area contributed by atoms with Crippen LogP contribution in [0.4, 0.5) is 0 Å². The van der Waals surface area contributed by atoms with Gasteiger partial charge in [0.25, 0.3) is 0 Å². The van der Waals surface area contributed by atoms with Crippen LogP contribution < -0.4 is 10.1 Å². The maximum absolute atomic E-state index is 5.87. The van der Waals surface area contributed by atoms with Gasteiger partial charge in [-0.1, -0.05) is 19.1 Å². The molecular formula is C17H21NO2. The van der Waals surface area contributed by atoms with Gasteiger partial charge in [0.15, 0.2) is 0 Å². The van der Waals surface area contributed by atoms with E-state index < -0.39 is 0 Å². The molecule has 1 aromatic carbocycles. The van der Waals surface area contributed by atoms with Crippen molar-refractivity contribution in [1.82, 2.24) is 5.32 Å². The first-order valence-electron chi connectivity index (χ1n) is 7.41. The van der Waals surface area contributed by atoms with Crippen LogP contribution >= 0.6 is 0 Å². The summed E-state index contributed by atoms with van der Waals surface area (Å²) in [6.07, 6.45) is 3.92. The molecule has 1 saturated carbocycles. The molecule has 2 aromatic rings. The molecule has 106 valence electrons. The first kappa shape index (κ1) is 13.3. The quantitative estimate of drug-likeness (QED) is 0.773. The van der Waals surface area contributed by atoms with Crippen molar-refractivity contribution >= 4 is 0 Å². The Labute approximate surface area is 119 Å². The zero-order valence-corrected chi connectivity index (χ0v) is 11.9. The highest BCUT2D eigenvalue weighted by Crippen LogP contribution is 2.30. The van der Waals surface area contributed by atoms with Crippen LogP contribution in [0.5, 0.6) is 5.75 Å². The van der Waals surface area contributed by atoms with Crippen LogP contribution in [-0.4, -0.2) is 12.6 Å². The molecule has 0 spiro atoms. The van der Waals surface area contributed by atoms with Crippen LogP contribution in [0.2, 0.25) is 0 Å². The van der Waals surface area contributed by atoms with E-state index in [1.807, 2.05) is 24.3 Å². The third-order valence-corrected chi connectivity index (χ3v) is 3.33. The Hall–Kier alpha value is -1.74. The van der Waals surface area contributed by atoms with Gasteiger partial charge in [0.05, 0.1) is 12.6 Å². The molecule has 0 aliphatic heterocycles. The lowest BCUT2D eigenvalue weighted by molar-refractivity contribution is 0.303. The predicted octanol–water partition coefficient (Wildman–Crippen LogP) is 3.99. The molecule has 0 saturated heterocycles. The van der Waals surface area contributed by atoms with Crippen molar-refractivity contribution in [3.05, 3.63) is 42.2 Å². The molecule has 3 rings (SSSR count). The molecule has 1 aliphatic rings. The van der Waals surface area contributed by atoms with Gasteiger partial charge in [-0.3, -0.25) is 0 Å². The highest BCUT2D eigenvalue weighted by Gasteiger charge is 2.23. The number of hydrogen-bond acceptors (Lipinski definition) is 3. The smallest absolute Gasteiger partial charge is 0.134 e. The molecule has 1 N–H and O–H groups in total. The minimum atomic E-state index is 0.427. The zero-order valence-electron chi connectivity index (χ0n) is 11.9. The average Bonchev–Trinajstić information content (AvgIpc) is 3.15. The van der Waals surface area contributed by atoms with Gasteiger partial charge >= 0.3 is 0 Å². The van der Waals surface area contributed by atoms with E-state index in [0.29, 0.717) is 6.10 Å². The largest absolute Gasteiger partial charge is 0.490 e. The fraction of sp³-hybridized carbons (Fsp3) is 0.412. The molecular weight excluding hydrogens is 250 g/mol. The lowest BCUT2D eigenvalue weighted by atomic mass is 10.1. The monoisotopic (exact) mass is 271 g/mol. The molecule has 1 fully saturated rings. The summed E-state index contributed by atoms with van der Waals surface area (Å²) in [6, 6.07) is 12.2. The molecule has 1 heterocycles. The topological polar surface area (TPSA) is 34.4 Å². The van der Waals surface area contributed by atoms with Crippen molar-refractivity contribution in [2.45, 2.75) is 38.8 Å². The fourth-order valence-electron chi connectivity index (χ4n) is 2.12. The lowest BCUT2D eigenvalue weighted by Crippen LogP contribution is -2.12. The van der Waals surface area contributed by atoms with Crippen molar-refractivity contribution in [2.75, 3.05) is 6.54 Å². The Balaban J connectivity index is 1.68. The minimum Gasteiger partial charge on any atom is -0.490 e. The van der Waals surface area contributed by atoms with Gasteiger partial charge in [-0.05, 0) is 50.1 Å². The Morgan fingerprint density at radius 2 is 2.15 bits per heavy atom. The molecule has 3 nitrogen and oxygen atoms in total. The predicted molar refractivity (Wildman–Crippen MR) is 79.8 cm³/mol. The summed E-state index contributed by atoms with van der Waals surface area (Å²) in [5.74, 6) is 2.81. The second-order valence-electron chi connectivity index (χ2n) is 5.29. The second kappa shape index (κ2) is 6.14. The Bertz CT molecular complexity index is 558. The summed E-state index contributed by atoms with van der Waals surface area (Å²) in [7, 11) is 0. The molecule has 0 unspecified atom stereocenters. The lowest BCUT2D eigenvalue weighted by Gasteiger charge is -2.05. The van der Waals surface area contributed by atoms with E-state index in [1.165, 1.54) is 12.8 Å². The van der Waals surface area contributed by atoms with Crippen molar-refractivity contribution in [3.63, 3.8) is 0 Å². The first-order valence-corrected chi connectivity index (χ1v) is 7.41. The molecule has 1 aromatic heterocycles. The Kier molecular flexibility index (Phi) is 4.07. The molecule has 0 amide bonds. The minimum absolute atomic E-state index is 0.427. The highest BCUT2D eigenvalue weighted by atomic mass is 16.5. The van der Waals surface area contributed by atoms with Crippen molar-refractivity contribution in [1.29, 1.82) is 0 Å². The second-order valence-corrected chi connectivity index (χ2v) is 5.29. The van der Waals surface area contributed by atoms with Gasteiger partial charge < -0.3 is 14.5 Å². The van der Waals surface area contributed by atoms with E-state index in [1.54, 1.807) is 0 Å². The van der Waals surface area contributed by atoms with E-state index in [0.717, 1.165) is 42.3 Å². The van der Waals surface area contributed by atoms with E-state index in [4.69, 9.17) is 9.15 Å².